The fraction of sp³-hybridized carbons (Fsp3) is 0.278. The van der Waals surface area contributed by atoms with Crippen LogP contribution in [0.25, 0.3) is 0 Å². The second-order valence-corrected chi connectivity index (χ2v) is 7.86. The van der Waals surface area contributed by atoms with Gasteiger partial charge in [0.25, 0.3) is 0 Å². The Balaban J connectivity index is 1.60. The van der Waals surface area contributed by atoms with Crippen LogP contribution in [0.5, 0.6) is 5.75 Å². The predicted octanol–water partition coefficient (Wildman–Crippen LogP) is 2.56. The van der Waals surface area contributed by atoms with Gasteiger partial charge in [0.2, 0.25) is 15.9 Å². The zero-order chi connectivity index (χ0) is 18.7. The number of sulfonamides is 1. The molecule has 0 spiro atoms. The smallest absolute Gasteiger partial charge is 0.236 e. The van der Waals surface area contributed by atoms with E-state index in [9.17, 15) is 17.6 Å². The minimum absolute atomic E-state index is 0.0452. The van der Waals surface area contributed by atoms with Crippen LogP contribution in [0.2, 0.25) is 0 Å². The first-order chi connectivity index (χ1) is 12.3. The zero-order valence-corrected chi connectivity index (χ0v) is 15.1. The van der Waals surface area contributed by atoms with E-state index in [2.05, 4.69) is 4.72 Å². The lowest BCUT2D eigenvalue weighted by atomic mass is 10.0. The molecule has 8 heteroatoms. The lowest BCUT2D eigenvalue weighted by molar-refractivity contribution is -0.118. The van der Waals surface area contributed by atoms with Crippen LogP contribution in [0.1, 0.15) is 12.0 Å². The second kappa shape index (κ2) is 7.33. The molecule has 1 aliphatic heterocycles. The van der Waals surface area contributed by atoms with Gasteiger partial charge >= 0.3 is 0 Å². The molecular weight excluding hydrogens is 359 g/mol. The Labute approximate surface area is 151 Å². The van der Waals surface area contributed by atoms with Crippen molar-refractivity contribution in [1.29, 1.82) is 0 Å². The van der Waals surface area contributed by atoms with Gasteiger partial charge in [-0.1, -0.05) is 0 Å². The van der Waals surface area contributed by atoms with E-state index < -0.39 is 10.0 Å². The Morgan fingerprint density at radius 3 is 2.62 bits per heavy atom. The van der Waals surface area contributed by atoms with Crippen LogP contribution in [0.3, 0.4) is 0 Å². The van der Waals surface area contributed by atoms with Crippen molar-refractivity contribution < 1.29 is 22.3 Å². The maximum atomic E-state index is 12.8. The lowest BCUT2D eigenvalue weighted by Crippen LogP contribution is -2.31. The number of nitrogens with zero attached hydrogens (tertiary/aromatic N) is 1. The zero-order valence-electron chi connectivity index (χ0n) is 14.2. The van der Waals surface area contributed by atoms with Crippen molar-refractivity contribution in [2.45, 2.75) is 12.8 Å². The number of hydrogen-bond donors (Lipinski definition) is 1. The monoisotopic (exact) mass is 378 g/mol. The Hall–Kier alpha value is -2.61. The first kappa shape index (κ1) is 18.2. The van der Waals surface area contributed by atoms with Crippen molar-refractivity contribution in [3.05, 3.63) is 53.8 Å². The summed E-state index contributed by atoms with van der Waals surface area (Å²) in [5, 5.41) is 0. The molecule has 0 saturated carbocycles. The van der Waals surface area contributed by atoms with Gasteiger partial charge in [-0.15, -0.1) is 0 Å². The summed E-state index contributed by atoms with van der Waals surface area (Å²) in [6, 6.07) is 10.5. The van der Waals surface area contributed by atoms with Crippen molar-refractivity contribution in [2.24, 2.45) is 0 Å². The highest BCUT2D eigenvalue weighted by Gasteiger charge is 2.21. The molecule has 26 heavy (non-hydrogen) atoms. The minimum atomic E-state index is -3.59. The second-order valence-electron chi connectivity index (χ2n) is 6.02. The fourth-order valence-corrected chi connectivity index (χ4v) is 3.64. The molecule has 0 aromatic heterocycles. The Morgan fingerprint density at radius 2 is 1.88 bits per heavy atom. The van der Waals surface area contributed by atoms with E-state index in [1.165, 1.54) is 24.3 Å². The SMILES string of the molecule is CN1C(=O)CCc2cc(NS(=O)(=O)CCOc3ccc(F)cc3)ccc21. The van der Waals surface area contributed by atoms with Crippen molar-refractivity contribution >= 4 is 27.3 Å². The van der Waals surface area contributed by atoms with Crippen LogP contribution in [-0.4, -0.2) is 33.7 Å². The number of rotatable bonds is 6. The van der Waals surface area contributed by atoms with Crippen LogP contribution in [0.15, 0.2) is 42.5 Å². The minimum Gasteiger partial charge on any atom is -0.492 e. The number of amides is 1. The molecule has 2 aromatic carbocycles. The normalized spacial score (nSPS) is 14.1. The molecule has 0 radical (unpaired) electrons. The molecule has 2 aromatic rings. The Morgan fingerprint density at radius 1 is 1.15 bits per heavy atom. The van der Waals surface area contributed by atoms with Crippen LogP contribution < -0.4 is 14.4 Å². The van der Waals surface area contributed by atoms with E-state index in [1.807, 2.05) is 0 Å². The molecule has 0 atom stereocenters. The number of fused-ring (bicyclic) bond motifs is 1. The quantitative estimate of drug-likeness (QED) is 0.838. The first-order valence-corrected chi connectivity index (χ1v) is 9.78. The molecule has 0 bridgehead atoms. The van der Waals surface area contributed by atoms with Crippen LogP contribution in [0.4, 0.5) is 15.8 Å². The number of halogens is 1. The third-order valence-corrected chi connectivity index (χ3v) is 5.38. The van der Waals surface area contributed by atoms with Gasteiger partial charge in [0.05, 0.1) is 0 Å². The summed E-state index contributed by atoms with van der Waals surface area (Å²) in [5.74, 6) is -0.168. The van der Waals surface area contributed by atoms with Gasteiger partial charge in [-0.3, -0.25) is 9.52 Å². The maximum Gasteiger partial charge on any atom is 0.236 e. The van der Waals surface area contributed by atoms with E-state index >= 15 is 0 Å². The number of carbonyl (C=O) groups is 1. The first-order valence-electron chi connectivity index (χ1n) is 8.12. The number of carbonyl (C=O) groups excluding carboxylic acids is 1. The van der Waals surface area contributed by atoms with Crippen molar-refractivity contribution in [3.8, 4) is 5.75 Å². The number of ether oxygens (including phenoxy) is 1. The van der Waals surface area contributed by atoms with Gasteiger partial charge in [0.1, 0.15) is 23.9 Å². The fourth-order valence-electron chi connectivity index (χ4n) is 2.75. The van der Waals surface area contributed by atoms with Gasteiger partial charge < -0.3 is 9.64 Å². The Bertz CT molecular complexity index is 913. The molecule has 138 valence electrons. The molecule has 0 aliphatic carbocycles. The van der Waals surface area contributed by atoms with Crippen LogP contribution >= 0.6 is 0 Å². The molecule has 0 unspecified atom stereocenters. The maximum absolute atomic E-state index is 12.8. The molecule has 0 saturated heterocycles. The van der Waals surface area contributed by atoms with Gasteiger partial charge in [-0.05, 0) is 54.4 Å². The van der Waals surface area contributed by atoms with Crippen LogP contribution in [-0.2, 0) is 21.2 Å². The van der Waals surface area contributed by atoms with Gasteiger partial charge in [-0.2, -0.15) is 0 Å². The number of hydrogen-bond acceptors (Lipinski definition) is 4. The standard InChI is InChI=1S/C18H19FN2O4S/c1-21-17-8-5-15(12-13(17)2-9-18(21)22)20-26(23,24)11-10-25-16-6-3-14(19)4-7-16/h3-8,12,20H,2,9-11H2,1H3. The molecular formula is C18H19FN2O4S. The number of benzene rings is 2. The van der Waals surface area contributed by atoms with E-state index in [0.717, 1.165) is 11.3 Å². The van der Waals surface area contributed by atoms with E-state index in [-0.39, 0.29) is 24.1 Å². The average molecular weight is 378 g/mol. The molecule has 1 N–H and O–H groups in total. The number of nitrogens with one attached hydrogen (secondary N) is 1. The molecule has 1 heterocycles. The molecule has 1 aliphatic rings. The molecule has 0 fully saturated rings. The van der Waals surface area contributed by atoms with Gasteiger partial charge in [-0.25, -0.2) is 12.8 Å². The Kier molecular flexibility index (Phi) is 5.13. The average Bonchev–Trinajstić information content (AvgIpc) is 2.59. The third kappa shape index (κ3) is 4.32. The summed E-state index contributed by atoms with van der Waals surface area (Å²) in [4.78, 5) is 13.3. The predicted molar refractivity (Wildman–Crippen MR) is 97.5 cm³/mol. The van der Waals surface area contributed by atoms with Crippen molar-refractivity contribution in [3.63, 3.8) is 0 Å². The highest BCUT2D eigenvalue weighted by molar-refractivity contribution is 7.92. The van der Waals surface area contributed by atoms with Crippen molar-refractivity contribution in [1.82, 2.24) is 0 Å². The number of anilines is 2. The lowest BCUT2D eigenvalue weighted by Gasteiger charge is -2.26. The number of aryl methyl sites for hydroxylation is 1. The summed E-state index contributed by atoms with van der Waals surface area (Å²) in [6.07, 6.45) is 0.993. The van der Waals surface area contributed by atoms with E-state index in [0.29, 0.717) is 24.3 Å². The highest BCUT2D eigenvalue weighted by Crippen LogP contribution is 2.29. The largest absolute Gasteiger partial charge is 0.492 e. The summed E-state index contributed by atoms with van der Waals surface area (Å²) < 4.78 is 45.1. The highest BCUT2D eigenvalue weighted by atomic mass is 32.2. The molecule has 3 rings (SSSR count). The van der Waals surface area contributed by atoms with Crippen molar-refractivity contribution in [2.75, 3.05) is 29.0 Å². The molecule has 6 nitrogen and oxygen atoms in total. The van der Waals surface area contributed by atoms with Gasteiger partial charge in [0, 0.05) is 24.8 Å². The van der Waals surface area contributed by atoms with Gasteiger partial charge in [0.15, 0.2) is 0 Å². The summed E-state index contributed by atoms with van der Waals surface area (Å²) >= 11 is 0. The third-order valence-electron chi connectivity index (χ3n) is 4.13. The topological polar surface area (TPSA) is 75.7 Å². The van der Waals surface area contributed by atoms with E-state index in [4.69, 9.17) is 4.74 Å². The van der Waals surface area contributed by atoms with Crippen LogP contribution in [0, 0.1) is 5.82 Å². The van der Waals surface area contributed by atoms with E-state index in [1.54, 1.807) is 30.1 Å². The summed E-state index contributed by atoms with van der Waals surface area (Å²) in [5.41, 5.74) is 2.17. The summed E-state index contributed by atoms with van der Waals surface area (Å²) in [6.45, 7) is -0.0524. The molecule has 1 amide bonds. The summed E-state index contributed by atoms with van der Waals surface area (Å²) in [7, 11) is -1.89.